The summed E-state index contributed by atoms with van der Waals surface area (Å²) in [6.07, 6.45) is 0. The van der Waals surface area contributed by atoms with Crippen molar-refractivity contribution in [1.29, 1.82) is 0 Å². The number of carbonyl (C=O) groups is 1. The highest BCUT2D eigenvalue weighted by Gasteiger charge is 2.22. The third-order valence-corrected chi connectivity index (χ3v) is 2.37. The van der Waals surface area contributed by atoms with E-state index in [0.29, 0.717) is 0 Å². The van der Waals surface area contributed by atoms with E-state index in [1.54, 1.807) is 26.0 Å². The van der Waals surface area contributed by atoms with Gasteiger partial charge < -0.3 is 10.4 Å². The topological polar surface area (TPSA) is 49.3 Å². The number of nitrogens with one attached hydrogen (secondary N) is 1. The normalized spacial score (nSPS) is 12.6. The Labute approximate surface area is 94.3 Å². The van der Waals surface area contributed by atoms with Gasteiger partial charge in [-0.2, -0.15) is 0 Å². The van der Waals surface area contributed by atoms with Crippen molar-refractivity contribution < 1.29 is 14.3 Å². The van der Waals surface area contributed by atoms with Gasteiger partial charge in [0.25, 0.3) is 0 Å². The molecule has 1 atom stereocenters. The number of halogens is 1. The van der Waals surface area contributed by atoms with E-state index in [1.165, 1.54) is 6.07 Å². The summed E-state index contributed by atoms with van der Waals surface area (Å²) in [4.78, 5) is 11.0. The molecule has 0 unspecified atom stereocenters. The van der Waals surface area contributed by atoms with Crippen LogP contribution in [-0.2, 0) is 4.79 Å². The molecule has 2 N–H and O–H groups in total. The van der Waals surface area contributed by atoms with Gasteiger partial charge in [0.05, 0.1) is 5.69 Å². The van der Waals surface area contributed by atoms with E-state index in [2.05, 4.69) is 5.32 Å². The van der Waals surface area contributed by atoms with Crippen molar-refractivity contribution in [2.45, 2.75) is 26.8 Å². The van der Waals surface area contributed by atoms with Crippen molar-refractivity contribution in [3.8, 4) is 0 Å². The Bertz CT molecular complexity index is 391. The molecule has 0 aliphatic heterocycles. The Morgan fingerprint density at radius 1 is 1.44 bits per heavy atom. The molecule has 0 spiro atoms. The number of anilines is 1. The van der Waals surface area contributed by atoms with Gasteiger partial charge in [-0.1, -0.05) is 19.9 Å². The van der Waals surface area contributed by atoms with Gasteiger partial charge in [-0.3, -0.25) is 0 Å². The Hall–Kier alpha value is -1.58. The molecule has 3 nitrogen and oxygen atoms in total. The molecule has 0 bridgehead atoms. The quantitative estimate of drug-likeness (QED) is 0.828. The molecule has 1 aromatic carbocycles. The van der Waals surface area contributed by atoms with E-state index in [0.717, 1.165) is 5.56 Å². The number of aliphatic carboxylic acids is 1. The van der Waals surface area contributed by atoms with Crippen LogP contribution in [0.5, 0.6) is 0 Å². The molecule has 88 valence electrons. The fraction of sp³-hybridized carbons (Fsp3) is 0.417. The van der Waals surface area contributed by atoms with Crippen molar-refractivity contribution in [2.24, 2.45) is 5.92 Å². The molecular weight excluding hydrogens is 209 g/mol. The highest BCUT2D eigenvalue weighted by atomic mass is 19.1. The predicted octanol–water partition coefficient (Wildman–Crippen LogP) is 2.66. The minimum absolute atomic E-state index is 0.114. The molecule has 0 heterocycles. The minimum atomic E-state index is -0.976. The molecule has 0 aliphatic carbocycles. The van der Waals surface area contributed by atoms with E-state index < -0.39 is 17.8 Å². The lowest BCUT2D eigenvalue weighted by Crippen LogP contribution is -2.34. The highest BCUT2D eigenvalue weighted by Crippen LogP contribution is 2.18. The van der Waals surface area contributed by atoms with E-state index >= 15 is 0 Å². The Balaban J connectivity index is 2.93. The number of carboxylic acid groups (broad SMARTS) is 1. The zero-order valence-electron chi connectivity index (χ0n) is 9.62. The van der Waals surface area contributed by atoms with Crippen molar-refractivity contribution in [3.63, 3.8) is 0 Å². The number of benzene rings is 1. The summed E-state index contributed by atoms with van der Waals surface area (Å²) in [6, 6.07) is 3.80. The molecule has 1 rings (SSSR count). The average molecular weight is 225 g/mol. The van der Waals surface area contributed by atoms with Crippen LogP contribution in [0.1, 0.15) is 19.4 Å². The number of rotatable bonds is 4. The fourth-order valence-electron chi connectivity index (χ4n) is 1.43. The monoisotopic (exact) mass is 225 g/mol. The second-order valence-corrected chi connectivity index (χ2v) is 4.19. The molecule has 0 amide bonds. The zero-order chi connectivity index (χ0) is 12.3. The first-order valence-electron chi connectivity index (χ1n) is 5.17. The van der Waals surface area contributed by atoms with Crippen molar-refractivity contribution in [2.75, 3.05) is 5.32 Å². The summed E-state index contributed by atoms with van der Waals surface area (Å²) >= 11 is 0. The summed E-state index contributed by atoms with van der Waals surface area (Å²) in [7, 11) is 0. The largest absolute Gasteiger partial charge is 0.480 e. The first-order valence-corrected chi connectivity index (χ1v) is 5.17. The Morgan fingerprint density at radius 2 is 2.06 bits per heavy atom. The Morgan fingerprint density at radius 3 is 2.56 bits per heavy atom. The van der Waals surface area contributed by atoms with Crippen LogP contribution < -0.4 is 5.32 Å². The van der Waals surface area contributed by atoms with Gasteiger partial charge in [-0.25, -0.2) is 9.18 Å². The van der Waals surface area contributed by atoms with Crippen molar-refractivity contribution in [1.82, 2.24) is 0 Å². The SMILES string of the molecule is Cc1ccc(F)c(N[C@H](C(=O)O)C(C)C)c1. The van der Waals surface area contributed by atoms with Gasteiger partial charge in [0, 0.05) is 0 Å². The van der Waals surface area contributed by atoms with Gasteiger partial charge in [0.2, 0.25) is 0 Å². The molecule has 0 radical (unpaired) electrons. The lowest BCUT2D eigenvalue weighted by atomic mass is 10.0. The van der Waals surface area contributed by atoms with Gasteiger partial charge in [0.1, 0.15) is 11.9 Å². The number of hydrogen-bond donors (Lipinski definition) is 2. The minimum Gasteiger partial charge on any atom is -0.480 e. The van der Waals surface area contributed by atoms with Crippen LogP contribution in [0.2, 0.25) is 0 Å². The van der Waals surface area contributed by atoms with Gasteiger partial charge in [-0.05, 0) is 30.5 Å². The van der Waals surface area contributed by atoms with Crippen molar-refractivity contribution in [3.05, 3.63) is 29.6 Å². The summed E-state index contributed by atoms with van der Waals surface area (Å²) in [6.45, 7) is 5.38. The van der Waals surface area contributed by atoms with E-state index in [4.69, 9.17) is 5.11 Å². The molecular formula is C12H16FNO2. The van der Waals surface area contributed by atoms with E-state index in [9.17, 15) is 9.18 Å². The first kappa shape index (κ1) is 12.5. The van der Waals surface area contributed by atoms with Gasteiger partial charge >= 0.3 is 5.97 Å². The van der Waals surface area contributed by atoms with Crippen LogP contribution in [0.15, 0.2) is 18.2 Å². The van der Waals surface area contributed by atoms with Crippen LogP contribution in [0, 0.1) is 18.7 Å². The van der Waals surface area contributed by atoms with E-state index in [1.807, 2.05) is 6.92 Å². The maximum absolute atomic E-state index is 13.4. The predicted molar refractivity (Wildman–Crippen MR) is 61.0 cm³/mol. The molecule has 0 fully saturated rings. The zero-order valence-corrected chi connectivity index (χ0v) is 9.62. The second kappa shape index (κ2) is 4.96. The molecule has 0 saturated heterocycles. The van der Waals surface area contributed by atoms with Crippen LogP contribution in [-0.4, -0.2) is 17.1 Å². The maximum Gasteiger partial charge on any atom is 0.326 e. The van der Waals surface area contributed by atoms with Gasteiger partial charge in [-0.15, -0.1) is 0 Å². The van der Waals surface area contributed by atoms with E-state index in [-0.39, 0.29) is 11.6 Å². The number of hydrogen-bond acceptors (Lipinski definition) is 2. The molecule has 0 aliphatic rings. The standard InChI is InChI=1S/C12H16FNO2/c1-7(2)11(12(15)16)14-10-6-8(3)4-5-9(10)13/h4-7,11,14H,1-3H3,(H,15,16)/t11-/m0/s1. The third-order valence-electron chi connectivity index (χ3n) is 2.37. The number of aryl methyl sites for hydroxylation is 1. The molecule has 4 heteroatoms. The fourth-order valence-corrected chi connectivity index (χ4v) is 1.43. The average Bonchev–Trinajstić information content (AvgIpc) is 2.18. The summed E-state index contributed by atoms with van der Waals surface area (Å²) in [5, 5.41) is 11.7. The second-order valence-electron chi connectivity index (χ2n) is 4.19. The van der Waals surface area contributed by atoms with Crippen LogP contribution in [0.25, 0.3) is 0 Å². The molecule has 1 aromatic rings. The smallest absolute Gasteiger partial charge is 0.326 e. The molecule has 0 aromatic heterocycles. The molecule has 16 heavy (non-hydrogen) atoms. The van der Waals surface area contributed by atoms with Crippen LogP contribution in [0.3, 0.4) is 0 Å². The maximum atomic E-state index is 13.4. The Kier molecular flexibility index (Phi) is 3.88. The van der Waals surface area contributed by atoms with Gasteiger partial charge in [0.15, 0.2) is 0 Å². The third kappa shape index (κ3) is 2.95. The van der Waals surface area contributed by atoms with Crippen LogP contribution in [0.4, 0.5) is 10.1 Å². The lowest BCUT2D eigenvalue weighted by molar-refractivity contribution is -0.138. The summed E-state index contributed by atoms with van der Waals surface area (Å²) in [5.41, 5.74) is 1.12. The summed E-state index contributed by atoms with van der Waals surface area (Å²) in [5.74, 6) is -1.52. The van der Waals surface area contributed by atoms with Crippen LogP contribution >= 0.6 is 0 Å². The number of carboxylic acids is 1. The van der Waals surface area contributed by atoms with Crippen molar-refractivity contribution >= 4 is 11.7 Å². The first-order chi connectivity index (χ1) is 7.41. The molecule has 0 saturated carbocycles. The lowest BCUT2D eigenvalue weighted by Gasteiger charge is -2.19. The summed E-state index contributed by atoms with van der Waals surface area (Å²) < 4.78 is 13.4. The highest BCUT2D eigenvalue weighted by molar-refractivity contribution is 5.77.